The van der Waals surface area contributed by atoms with Gasteiger partial charge in [0.15, 0.2) is 9.84 Å². The largest absolute Gasteiger partial charge is 0.508 e. The fraction of sp³-hybridized carbons (Fsp3) is 0.238. The molecule has 0 saturated carbocycles. The topological polar surface area (TPSA) is 106 Å². The van der Waals surface area contributed by atoms with Gasteiger partial charge in [-0.3, -0.25) is 0 Å². The quantitative estimate of drug-likeness (QED) is 0.660. The number of nitrogens with two attached hydrogens (primary N) is 1. The van der Waals surface area contributed by atoms with Crippen molar-refractivity contribution in [3.05, 3.63) is 66.0 Å². The minimum Gasteiger partial charge on any atom is -0.508 e. The molecule has 146 valence electrons. The van der Waals surface area contributed by atoms with E-state index in [0.29, 0.717) is 34.9 Å². The second-order valence-electron chi connectivity index (χ2n) is 6.88. The van der Waals surface area contributed by atoms with E-state index in [9.17, 15) is 13.5 Å². The van der Waals surface area contributed by atoms with Crippen molar-refractivity contribution in [1.82, 2.24) is 9.97 Å². The number of hydrogen-bond donors (Lipinski definition) is 2. The van der Waals surface area contributed by atoms with Crippen molar-refractivity contribution < 1.29 is 13.5 Å². The highest BCUT2D eigenvalue weighted by atomic mass is 32.2. The number of hydrogen-bond acceptors (Lipinski definition) is 6. The Bertz CT molecular complexity index is 1080. The van der Waals surface area contributed by atoms with E-state index in [1.165, 1.54) is 0 Å². The Balaban J connectivity index is 1.83. The number of benzene rings is 2. The smallest absolute Gasteiger partial charge is 0.180 e. The lowest BCUT2D eigenvalue weighted by atomic mass is 10.1. The summed E-state index contributed by atoms with van der Waals surface area (Å²) in [6, 6.07) is 13.7. The summed E-state index contributed by atoms with van der Waals surface area (Å²) in [5, 5.41) is 9.10. The predicted molar refractivity (Wildman–Crippen MR) is 110 cm³/mol. The van der Waals surface area contributed by atoms with Crippen LogP contribution in [0.4, 0.5) is 5.82 Å². The third kappa shape index (κ3) is 4.31. The number of aromatic hydroxyl groups is 1. The first-order chi connectivity index (χ1) is 13.3. The summed E-state index contributed by atoms with van der Waals surface area (Å²) in [5.74, 6) is 0.588. The number of sulfone groups is 1. The predicted octanol–water partition coefficient (Wildman–Crippen LogP) is 3.40. The van der Waals surface area contributed by atoms with Crippen LogP contribution in [0.15, 0.2) is 59.6 Å². The van der Waals surface area contributed by atoms with E-state index >= 15 is 0 Å². The molecule has 1 aromatic heterocycles. The molecule has 0 saturated heterocycles. The van der Waals surface area contributed by atoms with E-state index in [1.54, 1.807) is 62.5 Å². The zero-order valence-corrected chi connectivity index (χ0v) is 16.6. The van der Waals surface area contributed by atoms with Gasteiger partial charge in [-0.2, -0.15) is 0 Å². The van der Waals surface area contributed by atoms with E-state index in [1.807, 2.05) is 6.07 Å². The van der Waals surface area contributed by atoms with E-state index in [4.69, 9.17) is 5.73 Å². The first kappa shape index (κ1) is 19.8. The van der Waals surface area contributed by atoms with Crippen LogP contribution in [-0.4, -0.2) is 28.7 Å². The lowest BCUT2D eigenvalue weighted by molar-refractivity contribution is 0.474. The Morgan fingerprint density at radius 3 is 2.43 bits per heavy atom. The summed E-state index contributed by atoms with van der Waals surface area (Å²) in [6.07, 6.45) is 2.83. The standard InChI is InChI=1S/C21H23N3O3S/c1-14(2)28(26,27)18-9-7-16(8-10-18)20-13-23-21(22)19(24-20)11-6-15-4-3-5-17(25)12-15/h3-5,7-10,12-14,25H,6,11H2,1-2H3,(H2,22,23). The van der Waals surface area contributed by atoms with Crippen molar-refractivity contribution in [3.63, 3.8) is 0 Å². The zero-order chi connectivity index (χ0) is 20.3. The average Bonchev–Trinajstić information content (AvgIpc) is 2.67. The lowest BCUT2D eigenvalue weighted by Crippen LogP contribution is -2.13. The summed E-state index contributed by atoms with van der Waals surface area (Å²) in [4.78, 5) is 9.13. The fourth-order valence-electron chi connectivity index (χ4n) is 2.82. The third-order valence-electron chi connectivity index (χ3n) is 4.54. The third-order valence-corrected chi connectivity index (χ3v) is 6.71. The van der Waals surface area contributed by atoms with Gasteiger partial charge in [-0.15, -0.1) is 0 Å². The molecule has 7 heteroatoms. The van der Waals surface area contributed by atoms with Gasteiger partial charge in [0.1, 0.15) is 11.6 Å². The van der Waals surface area contributed by atoms with Crippen LogP contribution in [-0.2, 0) is 22.7 Å². The van der Waals surface area contributed by atoms with Crippen LogP contribution in [0, 0.1) is 0 Å². The molecule has 0 spiro atoms. The van der Waals surface area contributed by atoms with Gasteiger partial charge in [-0.05, 0) is 56.5 Å². The highest BCUT2D eigenvalue weighted by Gasteiger charge is 2.19. The van der Waals surface area contributed by atoms with E-state index in [0.717, 1.165) is 11.1 Å². The summed E-state index contributed by atoms with van der Waals surface area (Å²) < 4.78 is 24.5. The zero-order valence-electron chi connectivity index (χ0n) is 15.8. The number of nitrogens with zero attached hydrogens (tertiary/aromatic N) is 2. The molecular weight excluding hydrogens is 374 g/mol. The highest BCUT2D eigenvalue weighted by Crippen LogP contribution is 2.23. The van der Waals surface area contributed by atoms with Crippen LogP contribution in [0.2, 0.25) is 0 Å². The molecule has 6 nitrogen and oxygen atoms in total. The number of aromatic nitrogens is 2. The molecule has 3 N–H and O–H groups in total. The monoisotopic (exact) mass is 397 g/mol. The molecule has 0 aliphatic carbocycles. The Kier molecular flexibility index (Phi) is 5.65. The first-order valence-electron chi connectivity index (χ1n) is 9.01. The average molecular weight is 398 g/mol. The summed E-state index contributed by atoms with van der Waals surface area (Å²) in [5.41, 5.74) is 9.03. The summed E-state index contributed by atoms with van der Waals surface area (Å²) in [6.45, 7) is 3.32. The molecule has 0 fully saturated rings. The van der Waals surface area contributed by atoms with Crippen LogP contribution in [0.1, 0.15) is 25.1 Å². The molecule has 0 amide bonds. The van der Waals surface area contributed by atoms with Gasteiger partial charge in [-0.1, -0.05) is 24.3 Å². The SMILES string of the molecule is CC(C)S(=O)(=O)c1ccc(-c2cnc(N)c(CCc3cccc(O)c3)n2)cc1. The minimum atomic E-state index is -3.31. The molecule has 28 heavy (non-hydrogen) atoms. The van der Waals surface area contributed by atoms with Gasteiger partial charge in [0.2, 0.25) is 0 Å². The molecule has 0 aliphatic rings. The van der Waals surface area contributed by atoms with Crippen molar-refractivity contribution in [2.24, 2.45) is 0 Å². The molecule has 1 heterocycles. The van der Waals surface area contributed by atoms with Gasteiger partial charge < -0.3 is 10.8 Å². The minimum absolute atomic E-state index is 0.224. The number of phenolic OH excluding ortho intramolecular Hbond substituents is 1. The van der Waals surface area contributed by atoms with E-state index < -0.39 is 15.1 Å². The Labute approximate surface area is 165 Å². The van der Waals surface area contributed by atoms with Crippen molar-refractivity contribution in [3.8, 4) is 17.0 Å². The Morgan fingerprint density at radius 2 is 1.79 bits per heavy atom. The fourth-order valence-corrected chi connectivity index (χ4v) is 3.88. The molecular formula is C21H23N3O3S. The first-order valence-corrected chi connectivity index (χ1v) is 10.6. The van der Waals surface area contributed by atoms with Crippen LogP contribution < -0.4 is 5.73 Å². The number of nitrogen functional groups attached to an aromatic ring is 1. The van der Waals surface area contributed by atoms with Crippen molar-refractivity contribution in [1.29, 1.82) is 0 Å². The van der Waals surface area contributed by atoms with Crippen LogP contribution in [0.5, 0.6) is 5.75 Å². The Hall–Kier alpha value is -2.93. The molecule has 3 rings (SSSR count). The Morgan fingerprint density at radius 1 is 1.07 bits per heavy atom. The molecule has 0 bridgehead atoms. The number of phenols is 1. The molecule has 3 aromatic rings. The maximum absolute atomic E-state index is 12.3. The van der Waals surface area contributed by atoms with Gasteiger partial charge >= 0.3 is 0 Å². The van der Waals surface area contributed by atoms with E-state index in [-0.39, 0.29) is 5.75 Å². The van der Waals surface area contributed by atoms with Gasteiger partial charge in [0.05, 0.1) is 27.7 Å². The molecule has 0 atom stereocenters. The van der Waals surface area contributed by atoms with Crippen LogP contribution >= 0.6 is 0 Å². The second kappa shape index (κ2) is 7.98. The normalized spacial score (nSPS) is 11.7. The molecule has 0 radical (unpaired) electrons. The summed E-state index contributed by atoms with van der Waals surface area (Å²) in [7, 11) is -3.31. The summed E-state index contributed by atoms with van der Waals surface area (Å²) >= 11 is 0. The molecule has 0 unspecified atom stereocenters. The number of anilines is 1. The van der Waals surface area contributed by atoms with Crippen molar-refractivity contribution >= 4 is 15.7 Å². The maximum Gasteiger partial charge on any atom is 0.180 e. The van der Waals surface area contributed by atoms with E-state index in [2.05, 4.69) is 9.97 Å². The molecule has 2 aromatic carbocycles. The van der Waals surface area contributed by atoms with Crippen molar-refractivity contribution in [2.75, 3.05) is 5.73 Å². The van der Waals surface area contributed by atoms with Gasteiger partial charge in [-0.25, -0.2) is 18.4 Å². The number of rotatable bonds is 6. The molecule has 0 aliphatic heterocycles. The number of aryl methyl sites for hydroxylation is 2. The van der Waals surface area contributed by atoms with Crippen LogP contribution in [0.3, 0.4) is 0 Å². The van der Waals surface area contributed by atoms with Crippen LogP contribution in [0.25, 0.3) is 11.3 Å². The van der Waals surface area contributed by atoms with Gasteiger partial charge in [0, 0.05) is 5.56 Å². The second-order valence-corrected chi connectivity index (χ2v) is 9.38. The highest BCUT2D eigenvalue weighted by molar-refractivity contribution is 7.92. The van der Waals surface area contributed by atoms with Gasteiger partial charge in [0.25, 0.3) is 0 Å². The van der Waals surface area contributed by atoms with Crippen molar-refractivity contribution in [2.45, 2.75) is 36.8 Å². The lowest BCUT2D eigenvalue weighted by Gasteiger charge is -2.10. The maximum atomic E-state index is 12.3.